The molecule has 43 heavy (non-hydrogen) atoms. The lowest BCUT2D eigenvalue weighted by molar-refractivity contribution is -0.804. The van der Waals surface area contributed by atoms with E-state index in [9.17, 15) is 40.3 Å². The number of hydrogen-bond donors (Lipinski definition) is 0. The molecule has 0 spiro atoms. The maximum atomic E-state index is 14.1. The van der Waals surface area contributed by atoms with Crippen LogP contribution in [-0.4, -0.2) is 67.2 Å². The van der Waals surface area contributed by atoms with Crippen molar-refractivity contribution in [1.29, 1.82) is 0 Å². The van der Waals surface area contributed by atoms with Gasteiger partial charge < -0.3 is 19.2 Å². The molecule has 1 aliphatic heterocycles. The molecular formula is C26H34ClN4O12. The van der Waals surface area contributed by atoms with E-state index in [1.807, 2.05) is 0 Å². The standard InChI is InChI=1S/C26H34ClN4O12/c1-15-10-19-18-7-6-16-11-17(32)8-9-22(16,4)25(18,27)20(42-30(36)37)12-23(19,5)26(15,43-31(38)39)24(14-41-29(34)35)28(33)21(2,3)13-40-24/h8-9,11,15,18-20H,6-7,10,12-14H2,1-5H3/t15-,18?,19?,20-,22-,23-,24?,25-,26+/m0/s1. The zero-order valence-corrected chi connectivity index (χ0v) is 25.1. The van der Waals surface area contributed by atoms with Gasteiger partial charge in [0.25, 0.3) is 15.3 Å². The average molecular weight is 630 g/mol. The zero-order valence-electron chi connectivity index (χ0n) is 24.3. The van der Waals surface area contributed by atoms with Gasteiger partial charge >= 0.3 is 0 Å². The van der Waals surface area contributed by atoms with Gasteiger partial charge in [0.2, 0.25) is 5.72 Å². The Labute approximate surface area is 251 Å². The minimum absolute atomic E-state index is 0.199. The minimum atomic E-state index is -2.41. The fraction of sp³-hybridized carbons (Fsp3) is 0.808. The van der Waals surface area contributed by atoms with Gasteiger partial charge in [-0.05, 0) is 69.4 Å². The van der Waals surface area contributed by atoms with E-state index in [1.54, 1.807) is 26.8 Å². The van der Waals surface area contributed by atoms with Crippen LogP contribution in [0.15, 0.2) is 23.8 Å². The van der Waals surface area contributed by atoms with Crippen molar-refractivity contribution in [3.05, 3.63) is 54.1 Å². The summed E-state index contributed by atoms with van der Waals surface area (Å²) in [5.41, 5.74) is -7.82. The van der Waals surface area contributed by atoms with Crippen LogP contribution in [0.2, 0.25) is 0 Å². The lowest BCUT2D eigenvalue weighted by Crippen LogP contribution is -2.77. The van der Waals surface area contributed by atoms with Crippen LogP contribution in [0.3, 0.4) is 0 Å². The normalized spacial score (nSPS) is 44.9. The smallest absolute Gasteiger partial charge is 0.295 e. The lowest BCUT2D eigenvalue weighted by atomic mass is 9.45. The average Bonchev–Trinajstić information content (AvgIpc) is 3.26. The van der Waals surface area contributed by atoms with Gasteiger partial charge in [0.15, 0.2) is 11.4 Å². The van der Waals surface area contributed by atoms with E-state index >= 15 is 0 Å². The van der Waals surface area contributed by atoms with E-state index in [-0.39, 0.29) is 25.2 Å². The zero-order chi connectivity index (χ0) is 32.0. The van der Waals surface area contributed by atoms with Gasteiger partial charge in [0.1, 0.15) is 12.7 Å². The number of hydroxylamine groups is 2. The molecule has 16 nitrogen and oxygen atoms in total. The molecule has 1 saturated heterocycles. The van der Waals surface area contributed by atoms with Gasteiger partial charge in [-0.1, -0.05) is 32.4 Å². The van der Waals surface area contributed by atoms with Gasteiger partial charge in [0.05, 0.1) is 17.0 Å². The first-order valence-corrected chi connectivity index (χ1v) is 14.4. The molecule has 4 aliphatic carbocycles. The number of allylic oxidation sites excluding steroid dienone is 4. The molecule has 1 heterocycles. The van der Waals surface area contributed by atoms with Crippen molar-refractivity contribution in [2.45, 2.75) is 88.1 Å². The molecule has 3 unspecified atom stereocenters. The van der Waals surface area contributed by atoms with Crippen molar-refractivity contribution in [3.63, 3.8) is 0 Å². The highest BCUT2D eigenvalue weighted by Crippen LogP contribution is 2.74. The molecule has 237 valence electrons. The molecule has 0 N–H and O–H groups in total. The maximum absolute atomic E-state index is 14.1. The van der Waals surface area contributed by atoms with Crippen molar-refractivity contribution in [2.24, 2.45) is 28.6 Å². The van der Waals surface area contributed by atoms with Crippen LogP contribution in [-0.2, 0) is 29.3 Å². The molecule has 4 fully saturated rings. The number of carbonyl (C=O) groups is 1. The van der Waals surface area contributed by atoms with E-state index in [0.29, 0.717) is 23.5 Å². The first-order chi connectivity index (χ1) is 19.8. The number of nitrogens with zero attached hydrogens (tertiary/aromatic N) is 4. The maximum Gasteiger partial charge on any atom is 0.295 e. The summed E-state index contributed by atoms with van der Waals surface area (Å²) in [5.74, 6) is -2.27. The topological polar surface area (TPSA) is 207 Å². The summed E-state index contributed by atoms with van der Waals surface area (Å²) in [7, 11) is 0. The third-order valence-electron chi connectivity index (χ3n) is 11.1. The molecular weight excluding hydrogens is 596 g/mol. The van der Waals surface area contributed by atoms with Gasteiger partial charge in [-0.2, -0.15) is 0 Å². The molecule has 0 aromatic rings. The second kappa shape index (κ2) is 9.71. The Hall–Kier alpha value is -3.08. The molecule has 17 heteroatoms. The number of ketones is 1. The van der Waals surface area contributed by atoms with Gasteiger partial charge in [-0.15, -0.1) is 52.2 Å². The number of hydrogen-bond acceptors (Lipinski definition) is 12. The quantitative estimate of drug-likeness (QED) is 0.215. The Kier molecular flexibility index (Phi) is 7.08. The number of carbonyl (C=O) groups excluding carboxylic acids is 1. The molecule has 1 radical (unpaired) electrons. The summed E-state index contributed by atoms with van der Waals surface area (Å²) in [5, 5.41) is 47.1. The van der Waals surface area contributed by atoms with Gasteiger partial charge in [-0.25, -0.2) is 0 Å². The Morgan fingerprint density at radius 1 is 1.09 bits per heavy atom. The van der Waals surface area contributed by atoms with Crippen LogP contribution in [0.25, 0.3) is 0 Å². The summed E-state index contributed by atoms with van der Waals surface area (Å²) in [6.07, 6.45) is 3.69. The molecule has 5 rings (SSSR count). The first-order valence-electron chi connectivity index (χ1n) is 14.0. The van der Waals surface area contributed by atoms with E-state index < -0.39 is 78.3 Å². The van der Waals surface area contributed by atoms with E-state index in [0.717, 1.165) is 0 Å². The number of halogens is 1. The van der Waals surface area contributed by atoms with Crippen LogP contribution in [0, 0.1) is 58.9 Å². The molecule has 9 atom stereocenters. The Bertz CT molecular complexity index is 1330. The first kappa shape index (κ1) is 31.3. The largest absolute Gasteiger partial charge is 0.351 e. The Morgan fingerprint density at radius 3 is 2.33 bits per heavy atom. The summed E-state index contributed by atoms with van der Waals surface area (Å²) in [6.45, 7) is 6.76. The van der Waals surface area contributed by atoms with Crippen molar-refractivity contribution in [1.82, 2.24) is 5.06 Å². The van der Waals surface area contributed by atoms with E-state index in [2.05, 4.69) is 0 Å². The predicted octanol–water partition coefficient (Wildman–Crippen LogP) is 3.40. The highest BCUT2D eigenvalue weighted by Gasteiger charge is 2.83. The SMILES string of the molecule is C[C@H]1CC2C3CCC4=CC(=O)C=C[C@]4(C)[C@@]3(Cl)[C@@H](O[N+](=O)[O-])C[C@]2(C)[C@@]1(O[N+](=O)[O-])C1(CO[N+](=O)[O-])OCC(C)(C)N1[O]. The molecule has 3 saturated carbocycles. The second-order valence-electron chi connectivity index (χ2n) is 13.4. The minimum Gasteiger partial charge on any atom is -0.351 e. The second-order valence-corrected chi connectivity index (χ2v) is 14.1. The third-order valence-corrected chi connectivity index (χ3v) is 12.0. The van der Waals surface area contributed by atoms with Crippen LogP contribution < -0.4 is 0 Å². The molecule has 0 amide bonds. The Morgan fingerprint density at radius 2 is 1.77 bits per heavy atom. The summed E-state index contributed by atoms with van der Waals surface area (Å²) in [4.78, 5) is 62.2. The summed E-state index contributed by atoms with van der Waals surface area (Å²) >= 11 is 7.57. The van der Waals surface area contributed by atoms with Crippen LogP contribution in [0.1, 0.15) is 60.3 Å². The van der Waals surface area contributed by atoms with Crippen LogP contribution in [0.4, 0.5) is 0 Å². The summed E-state index contributed by atoms with van der Waals surface area (Å²) in [6, 6.07) is 0. The third kappa shape index (κ3) is 3.95. The predicted molar refractivity (Wildman–Crippen MR) is 143 cm³/mol. The molecule has 5 aliphatic rings. The Balaban J connectivity index is 1.76. The molecule has 0 aromatic heterocycles. The number of ether oxygens (including phenoxy) is 1. The van der Waals surface area contributed by atoms with Crippen molar-refractivity contribution < 1.29 is 44.5 Å². The number of rotatable bonds is 8. The van der Waals surface area contributed by atoms with Gasteiger partial charge in [-0.3, -0.25) is 4.79 Å². The van der Waals surface area contributed by atoms with Crippen LogP contribution in [0.5, 0.6) is 0 Å². The van der Waals surface area contributed by atoms with Crippen molar-refractivity contribution >= 4 is 17.4 Å². The fourth-order valence-corrected chi connectivity index (χ4v) is 10.00. The van der Waals surface area contributed by atoms with E-state index in [1.165, 1.54) is 26.0 Å². The van der Waals surface area contributed by atoms with E-state index in [4.69, 9.17) is 30.9 Å². The van der Waals surface area contributed by atoms with Crippen molar-refractivity contribution in [2.75, 3.05) is 13.2 Å². The van der Waals surface area contributed by atoms with Gasteiger partial charge in [0, 0.05) is 10.8 Å². The summed E-state index contributed by atoms with van der Waals surface area (Å²) < 4.78 is 6.08. The fourth-order valence-electron chi connectivity index (χ4n) is 9.44. The monoisotopic (exact) mass is 629 g/mol. The highest BCUT2D eigenvalue weighted by atomic mass is 35.5. The molecule has 0 bridgehead atoms. The highest BCUT2D eigenvalue weighted by molar-refractivity contribution is 6.26. The number of fused-ring (bicyclic) bond motifs is 5. The van der Waals surface area contributed by atoms with Crippen LogP contribution >= 0.6 is 11.6 Å². The lowest BCUT2D eigenvalue weighted by Gasteiger charge is -2.65. The molecule has 0 aromatic carbocycles. The number of alkyl halides is 1. The van der Waals surface area contributed by atoms with Crippen molar-refractivity contribution in [3.8, 4) is 0 Å².